The molecule has 1 atom stereocenters. The van der Waals surface area contributed by atoms with Gasteiger partial charge in [0, 0.05) is 6.04 Å². The molecule has 1 aromatic carbocycles. The Labute approximate surface area is 112 Å². The molecule has 0 saturated heterocycles. The third kappa shape index (κ3) is 4.18. The summed E-state index contributed by atoms with van der Waals surface area (Å²) in [6.45, 7) is 3.69. The summed E-state index contributed by atoms with van der Waals surface area (Å²) < 4.78 is 4.99. The predicted octanol–water partition coefficient (Wildman–Crippen LogP) is 1.61. The highest BCUT2D eigenvalue weighted by atomic mass is 16.5. The minimum atomic E-state index is -0.753. The zero-order valence-corrected chi connectivity index (χ0v) is 11.3. The van der Waals surface area contributed by atoms with E-state index in [0.717, 1.165) is 5.56 Å². The van der Waals surface area contributed by atoms with Gasteiger partial charge in [-0.3, -0.25) is 4.79 Å². The standard InChI is InChI=1S/C14H18N2O3/c1-9(2)16-14(18)11(8-15)6-10-4-5-12(17)13(7-10)19-3/h4-5,7,9,11,17H,6H2,1-3H3,(H,16,18). The van der Waals surface area contributed by atoms with E-state index in [1.165, 1.54) is 13.2 Å². The van der Waals surface area contributed by atoms with E-state index in [9.17, 15) is 9.90 Å². The number of carbonyl (C=O) groups excluding carboxylic acids is 1. The van der Waals surface area contributed by atoms with Gasteiger partial charge in [0.15, 0.2) is 11.5 Å². The lowest BCUT2D eigenvalue weighted by Gasteiger charge is -2.13. The Bertz CT molecular complexity index is 492. The summed E-state index contributed by atoms with van der Waals surface area (Å²) >= 11 is 0. The number of nitriles is 1. The Morgan fingerprint density at radius 1 is 1.53 bits per heavy atom. The van der Waals surface area contributed by atoms with Crippen molar-refractivity contribution in [1.29, 1.82) is 5.26 Å². The maximum Gasteiger partial charge on any atom is 0.237 e. The number of carbonyl (C=O) groups is 1. The van der Waals surface area contributed by atoms with Crippen LogP contribution in [0.1, 0.15) is 19.4 Å². The molecule has 0 saturated carbocycles. The lowest BCUT2D eigenvalue weighted by Crippen LogP contribution is -2.35. The molecule has 5 nitrogen and oxygen atoms in total. The summed E-state index contributed by atoms with van der Waals surface area (Å²) in [4.78, 5) is 11.8. The van der Waals surface area contributed by atoms with Crippen molar-refractivity contribution in [3.05, 3.63) is 23.8 Å². The average Bonchev–Trinajstić information content (AvgIpc) is 2.36. The highest BCUT2D eigenvalue weighted by Crippen LogP contribution is 2.27. The van der Waals surface area contributed by atoms with Gasteiger partial charge in [0.25, 0.3) is 0 Å². The van der Waals surface area contributed by atoms with Gasteiger partial charge in [-0.15, -0.1) is 0 Å². The number of amides is 1. The molecule has 0 heterocycles. The maximum atomic E-state index is 11.8. The molecule has 0 aliphatic carbocycles. The van der Waals surface area contributed by atoms with Crippen LogP contribution in [-0.4, -0.2) is 24.2 Å². The first-order valence-corrected chi connectivity index (χ1v) is 6.03. The minimum Gasteiger partial charge on any atom is -0.504 e. The Balaban J connectivity index is 2.82. The molecule has 19 heavy (non-hydrogen) atoms. The van der Waals surface area contributed by atoms with E-state index in [0.29, 0.717) is 5.75 Å². The number of phenols is 1. The number of nitrogens with one attached hydrogen (secondary N) is 1. The van der Waals surface area contributed by atoms with Crippen LogP contribution >= 0.6 is 0 Å². The Hall–Kier alpha value is -2.22. The number of benzene rings is 1. The number of hydrogen-bond donors (Lipinski definition) is 2. The van der Waals surface area contributed by atoms with E-state index in [1.54, 1.807) is 12.1 Å². The molecule has 1 amide bonds. The van der Waals surface area contributed by atoms with Crippen LogP contribution in [0, 0.1) is 17.2 Å². The van der Waals surface area contributed by atoms with Crippen LogP contribution in [0.15, 0.2) is 18.2 Å². The van der Waals surface area contributed by atoms with Crippen molar-refractivity contribution in [1.82, 2.24) is 5.32 Å². The molecule has 5 heteroatoms. The first kappa shape index (κ1) is 14.8. The molecule has 2 N–H and O–H groups in total. The fourth-order valence-corrected chi connectivity index (χ4v) is 1.67. The van der Waals surface area contributed by atoms with Crippen LogP contribution in [0.5, 0.6) is 11.5 Å². The third-order valence-corrected chi connectivity index (χ3v) is 2.59. The van der Waals surface area contributed by atoms with Crippen molar-refractivity contribution in [3.63, 3.8) is 0 Å². The van der Waals surface area contributed by atoms with Gasteiger partial charge in [0.05, 0.1) is 13.2 Å². The highest BCUT2D eigenvalue weighted by Gasteiger charge is 2.19. The van der Waals surface area contributed by atoms with Gasteiger partial charge < -0.3 is 15.2 Å². The monoisotopic (exact) mass is 262 g/mol. The van der Waals surface area contributed by atoms with Gasteiger partial charge in [-0.2, -0.15) is 5.26 Å². The quantitative estimate of drug-likeness (QED) is 0.844. The zero-order chi connectivity index (χ0) is 14.4. The molecule has 1 aromatic rings. The molecule has 0 aliphatic rings. The molecule has 0 aromatic heterocycles. The molecule has 0 spiro atoms. The first-order chi connectivity index (χ1) is 8.97. The summed E-state index contributed by atoms with van der Waals surface area (Å²) in [6, 6.07) is 6.78. The van der Waals surface area contributed by atoms with Crippen LogP contribution in [0.4, 0.5) is 0 Å². The van der Waals surface area contributed by atoms with Crippen LogP contribution < -0.4 is 10.1 Å². The van der Waals surface area contributed by atoms with Crippen LogP contribution in [-0.2, 0) is 11.2 Å². The van der Waals surface area contributed by atoms with E-state index in [1.807, 2.05) is 19.9 Å². The fourth-order valence-electron chi connectivity index (χ4n) is 1.67. The summed E-state index contributed by atoms with van der Waals surface area (Å²) in [7, 11) is 1.45. The van der Waals surface area contributed by atoms with E-state index in [4.69, 9.17) is 10.00 Å². The number of hydrogen-bond acceptors (Lipinski definition) is 4. The van der Waals surface area contributed by atoms with Gasteiger partial charge in [-0.1, -0.05) is 6.07 Å². The molecular weight excluding hydrogens is 244 g/mol. The van der Waals surface area contributed by atoms with Crippen molar-refractivity contribution >= 4 is 5.91 Å². The molecule has 0 bridgehead atoms. The molecule has 1 rings (SSSR count). The Morgan fingerprint density at radius 2 is 2.21 bits per heavy atom. The van der Waals surface area contributed by atoms with Gasteiger partial charge in [-0.25, -0.2) is 0 Å². The normalized spacial score (nSPS) is 11.7. The fraction of sp³-hybridized carbons (Fsp3) is 0.429. The lowest BCUT2D eigenvalue weighted by atomic mass is 9.99. The molecular formula is C14H18N2O3. The number of ether oxygens (including phenoxy) is 1. The highest BCUT2D eigenvalue weighted by molar-refractivity contribution is 5.81. The van der Waals surface area contributed by atoms with E-state index < -0.39 is 5.92 Å². The van der Waals surface area contributed by atoms with Crippen molar-refractivity contribution in [2.75, 3.05) is 7.11 Å². The van der Waals surface area contributed by atoms with Crippen LogP contribution in [0.2, 0.25) is 0 Å². The van der Waals surface area contributed by atoms with E-state index in [-0.39, 0.29) is 24.1 Å². The van der Waals surface area contributed by atoms with Gasteiger partial charge in [-0.05, 0) is 38.0 Å². The van der Waals surface area contributed by atoms with Crippen LogP contribution in [0.3, 0.4) is 0 Å². The summed E-state index contributed by atoms with van der Waals surface area (Å²) in [5.74, 6) is -0.675. The molecule has 0 fully saturated rings. The van der Waals surface area contributed by atoms with Crippen molar-refractivity contribution < 1.29 is 14.6 Å². The Morgan fingerprint density at radius 3 is 2.74 bits per heavy atom. The third-order valence-electron chi connectivity index (χ3n) is 2.59. The Kier molecular flexibility index (Phi) is 5.19. The van der Waals surface area contributed by atoms with Gasteiger partial charge in [0.2, 0.25) is 5.91 Å². The average molecular weight is 262 g/mol. The van der Waals surface area contributed by atoms with E-state index in [2.05, 4.69) is 5.32 Å². The number of phenolic OH excluding ortho intramolecular Hbond substituents is 1. The summed E-state index contributed by atoms with van der Waals surface area (Å²) in [6.07, 6.45) is 0.283. The second-order valence-corrected chi connectivity index (χ2v) is 4.56. The molecule has 0 aliphatic heterocycles. The number of methoxy groups -OCH3 is 1. The number of aromatic hydroxyl groups is 1. The largest absolute Gasteiger partial charge is 0.504 e. The smallest absolute Gasteiger partial charge is 0.237 e. The van der Waals surface area contributed by atoms with Crippen molar-refractivity contribution in [3.8, 4) is 17.6 Å². The van der Waals surface area contributed by atoms with Gasteiger partial charge >= 0.3 is 0 Å². The molecule has 102 valence electrons. The predicted molar refractivity (Wildman–Crippen MR) is 70.7 cm³/mol. The summed E-state index contributed by atoms with van der Waals surface area (Å²) in [5, 5.41) is 21.3. The van der Waals surface area contributed by atoms with Gasteiger partial charge in [0.1, 0.15) is 5.92 Å². The van der Waals surface area contributed by atoms with E-state index >= 15 is 0 Å². The second-order valence-electron chi connectivity index (χ2n) is 4.56. The van der Waals surface area contributed by atoms with Crippen molar-refractivity contribution in [2.45, 2.75) is 26.3 Å². The number of nitrogens with zero attached hydrogens (tertiary/aromatic N) is 1. The zero-order valence-electron chi connectivity index (χ0n) is 11.3. The SMILES string of the molecule is COc1cc(CC(C#N)C(=O)NC(C)C)ccc1O. The minimum absolute atomic E-state index is 0.00213. The number of rotatable bonds is 5. The van der Waals surface area contributed by atoms with Crippen molar-refractivity contribution in [2.24, 2.45) is 5.92 Å². The second kappa shape index (κ2) is 6.64. The summed E-state index contributed by atoms with van der Waals surface area (Å²) in [5.41, 5.74) is 0.764. The van der Waals surface area contributed by atoms with Crippen LogP contribution in [0.25, 0.3) is 0 Å². The molecule has 0 radical (unpaired) electrons. The topological polar surface area (TPSA) is 82.3 Å². The lowest BCUT2D eigenvalue weighted by molar-refractivity contribution is -0.123. The molecule has 1 unspecified atom stereocenters. The first-order valence-electron chi connectivity index (χ1n) is 6.03. The maximum absolute atomic E-state index is 11.8.